The van der Waals surface area contributed by atoms with Crippen molar-refractivity contribution in [2.75, 3.05) is 0 Å². The van der Waals surface area contributed by atoms with Gasteiger partial charge in [-0.25, -0.2) is 0 Å². The highest BCUT2D eigenvalue weighted by Crippen LogP contribution is 2.33. The molecule has 0 atom stereocenters. The third-order valence-electron chi connectivity index (χ3n) is 4.04. The standard InChI is InChI=1S/C19H20O4/c20-17(21)11-12-19(18(22)23,13-15-7-3-1-4-8-15)14-16-9-5-2-6-10-16/h1-10H,11-14H2,(H,20,21)(H,22,23). The minimum atomic E-state index is -1.12. The number of hydrogen-bond acceptors (Lipinski definition) is 2. The second-order valence-electron chi connectivity index (χ2n) is 5.80. The summed E-state index contributed by atoms with van der Waals surface area (Å²) in [5, 5.41) is 18.9. The van der Waals surface area contributed by atoms with E-state index in [-0.39, 0.29) is 12.8 Å². The fraction of sp³-hybridized carbons (Fsp3) is 0.263. The van der Waals surface area contributed by atoms with Crippen molar-refractivity contribution in [3.05, 3.63) is 71.8 Å². The van der Waals surface area contributed by atoms with Gasteiger partial charge in [0, 0.05) is 6.42 Å². The molecule has 0 heterocycles. The van der Waals surface area contributed by atoms with Crippen molar-refractivity contribution >= 4 is 11.9 Å². The first kappa shape index (κ1) is 16.7. The number of aliphatic carboxylic acids is 2. The summed E-state index contributed by atoms with van der Waals surface area (Å²) in [6, 6.07) is 18.7. The average molecular weight is 312 g/mol. The highest BCUT2D eigenvalue weighted by atomic mass is 16.4. The Morgan fingerprint density at radius 2 is 1.22 bits per heavy atom. The summed E-state index contributed by atoms with van der Waals surface area (Å²) in [6.07, 6.45) is 0.560. The Morgan fingerprint density at radius 1 is 0.783 bits per heavy atom. The van der Waals surface area contributed by atoms with Gasteiger partial charge >= 0.3 is 11.9 Å². The molecule has 0 bridgehead atoms. The number of carboxylic acid groups (broad SMARTS) is 2. The molecule has 2 aromatic carbocycles. The Morgan fingerprint density at radius 3 is 1.57 bits per heavy atom. The van der Waals surface area contributed by atoms with Gasteiger partial charge in [0.15, 0.2) is 0 Å². The molecule has 0 spiro atoms. The summed E-state index contributed by atoms with van der Waals surface area (Å²) >= 11 is 0. The van der Waals surface area contributed by atoms with Crippen LogP contribution < -0.4 is 0 Å². The van der Waals surface area contributed by atoms with Gasteiger partial charge in [0.25, 0.3) is 0 Å². The van der Waals surface area contributed by atoms with Crippen LogP contribution in [0, 0.1) is 5.41 Å². The zero-order valence-electron chi connectivity index (χ0n) is 12.8. The van der Waals surface area contributed by atoms with E-state index in [4.69, 9.17) is 5.11 Å². The van der Waals surface area contributed by atoms with Crippen molar-refractivity contribution < 1.29 is 19.8 Å². The van der Waals surface area contributed by atoms with E-state index < -0.39 is 17.4 Å². The van der Waals surface area contributed by atoms with Gasteiger partial charge in [-0.1, -0.05) is 60.7 Å². The fourth-order valence-corrected chi connectivity index (χ4v) is 2.82. The number of hydrogen-bond donors (Lipinski definition) is 2. The molecule has 0 fully saturated rings. The second-order valence-corrected chi connectivity index (χ2v) is 5.80. The van der Waals surface area contributed by atoms with Crippen LogP contribution in [-0.4, -0.2) is 22.2 Å². The number of carboxylic acids is 2. The molecular formula is C19H20O4. The molecule has 0 aromatic heterocycles. The van der Waals surface area contributed by atoms with Crippen LogP contribution >= 0.6 is 0 Å². The highest BCUT2D eigenvalue weighted by Gasteiger charge is 2.39. The first-order valence-corrected chi connectivity index (χ1v) is 7.55. The highest BCUT2D eigenvalue weighted by molar-refractivity contribution is 5.77. The van der Waals surface area contributed by atoms with Crippen molar-refractivity contribution in [3.8, 4) is 0 Å². The molecule has 0 aliphatic heterocycles. The summed E-state index contributed by atoms with van der Waals surface area (Å²) in [4.78, 5) is 23.0. The van der Waals surface area contributed by atoms with Gasteiger partial charge < -0.3 is 10.2 Å². The van der Waals surface area contributed by atoms with E-state index in [9.17, 15) is 14.7 Å². The molecule has 23 heavy (non-hydrogen) atoms. The van der Waals surface area contributed by atoms with Gasteiger partial charge in [0.1, 0.15) is 0 Å². The Labute approximate surface area is 135 Å². The van der Waals surface area contributed by atoms with Crippen LogP contribution in [0.5, 0.6) is 0 Å². The van der Waals surface area contributed by atoms with Crippen molar-refractivity contribution in [1.29, 1.82) is 0 Å². The molecule has 0 saturated heterocycles. The van der Waals surface area contributed by atoms with Crippen LogP contribution in [-0.2, 0) is 22.4 Å². The maximum absolute atomic E-state index is 12.0. The summed E-state index contributed by atoms with van der Waals surface area (Å²) in [5.74, 6) is -1.93. The molecule has 2 N–H and O–H groups in total. The molecule has 120 valence electrons. The molecule has 4 heteroatoms. The summed E-state index contributed by atoms with van der Waals surface area (Å²) in [5.41, 5.74) is 0.675. The fourth-order valence-electron chi connectivity index (χ4n) is 2.82. The molecule has 4 nitrogen and oxygen atoms in total. The van der Waals surface area contributed by atoms with Crippen LogP contribution in [0.1, 0.15) is 24.0 Å². The molecule has 0 aliphatic carbocycles. The third-order valence-corrected chi connectivity index (χ3v) is 4.04. The number of carbonyl (C=O) groups is 2. The first-order chi connectivity index (χ1) is 11.0. The molecule has 0 aliphatic rings. The summed E-state index contributed by atoms with van der Waals surface area (Å²) in [6.45, 7) is 0. The van der Waals surface area contributed by atoms with Crippen LogP contribution in [0.4, 0.5) is 0 Å². The van der Waals surface area contributed by atoms with Gasteiger partial charge in [0.2, 0.25) is 0 Å². The molecule has 2 aromatic rings. The topological polar surface area (TPSA) is 74.6 Å². The van der Waals surface area contributed by atoms with Gasteiger partial charge in [-0.05, 0) is 30.4 Å². The number of rotatable bonds is 8. The molecular weight excluding hydrogens is 292 g/mol. The lowest BCUT2D eigenvalue weighted by atomic mass is 9.73. The van der Waals surface area contributed by atoms with E-state index in [0.29, 0.717) is 12.8 Å². The zero-order valence-corrected chi connectivity index (χ0v) is 12.8. The Bertz CT molecular complexity index is 608. The Balaban J connectivity index is 2.33. The van der Waals surface area contributed by atoms with Gasteiger partial charge in [0.05, 0.1) is 5.41 Å². The third kappa shape index (κ3) is 4.68. The van der Waals surface area contributed by atoms with Crippen molar-refractivity contribution in [1.82, 2.24) is 0 Å². The smallest absolute Gasteiger partial charge is 0.310 e. The van der Waals surface area contributed by atoms with Crippen molar-refractivity contribution in [3.63, 3.8) is 0 Å². The Kier molecular flexibility index (Phi) is 5.52. The predicted molar refractivity (Wildman–Crippen MR) is 87.2 cm³/mol. The van der Waals surface area contributed by atoms with E-state index >= 15 is 0 Å². The quantitative estimate of drug-likeness (QED) is 0.783. The monoisotopic (exact) mass is 312 g/mol. The van der Waals surface area contributed by atoms with Crippen LogP contribution in [0.25, 0.3) is 0 Å². The maximum Gasteiger partial charge on any atom is 0.310 e. The SMILES string of the molecule is O=C(O)CCC(Cc1ccccc1)(Cc1ccccc1)C(=O)O. The minimum absolute atomic E-state index is 0.0987. The average Bonchev–Trinajstić information content (AvgIpc) is 2.54. The normalized spacial score (nSPS) is 11.1. The van der Waals surface area contributed by atoms with E-state index in [1.807, 2.05) is 60.7 Å². The summed E-state index contributed by atoms with van der Waals surface area (Å²) < 4.78 is 0. The predicted octanol–water partition coefficient (Wildman–Crippen LogP) is 3.41. The van der Waals surface area contributed by atoms with Gasteiger partial charge in [-0.15, -0.1) is 0 Å². The molecule has 0 radical (unpaired) electrons. The molecule has 0 amide bonds. The van der Waals surface area contributed by atoms with E-state index in [0.717, 1.165) is 11.1 Å². The lowest BCUT2D eigenvalue weighted by Crippen LogP contribution is -2.36. The minimum Gasteiger partial charge on any atom is -0.481 e. The van der Waals surface area contributed by atoms with E-state index in [1.54, 1.807) is 0 Å². The molecule has 0 saturated carbocycles. The zero-order chi connectivity index (χ0) is 16.7. The Hall–Kier alpha value is -2.62. The molecule has 0 unspecified atom stereocenters. The summed E-state index contributed by atoms with van der Waals surface area (Å²) in [7, 11) is 0. The van der Waals surface area contributed by atoms with Gasteiger partial charge in [-0.2, -0.15) is 0 Å². The van der Waals surface area contributed by atoms with Gasteiger partial charge in [-0.3, -0.25) is 9.59 Å². The van der Waals surface area contributed by atoms with Crippen LogP contribution in [0.2, 0.25) is 0 Å². The largest absolute Gasteiger partial charge is 0.481 e. The van der Waals surface area contributed by atoms with E-state index in [2.05, 4.69) is 0 Å². The lowest BCUT2D eigenvalue weighted by molar-refractivity contribution is -0.150. The van der Waals surface area contributed by atoms with Crippen molar-refractivity contribution in [2.24, 2.45) is 5.41 Å². The molecule has 2 rings (SSSR count). The van der Waals surface area contributed by atoms with Crippen molar-refractivity contribution in [2.45, 2.75) is 25.7 Å². The lowest BCUT2D eigenvalue weighted by Gasteiger charge is -2.29. The second kappa shape index (κ2) is 7.58. The van der Waals surface area contributed by atoms with Crippen LogP contribution in [0.15, 0.2) is 60.7 Å². The number of benzene rings is 2. The van der Waals surface area contributed by atoms with Crippen LogP contribution in [0.3, 0.4) is 0 Å². The maximum atomic E-state index is 12.0. The van der Waals surface area contributed by atoms with E-state index in [1.165, 1.54) is 0 Å². The first-order valence-electron chi connectivity index (χ1n) is 7.55.